The van der Waals surface area contributed by atoms with E-state index >= 15 is 0 Å². The number of methoxy groups -OCH3 is 1. The predicted molar refractivity (Wildman–Crippen MR) is 123 cm³/mol. The molecular formula is C25H23N3O4. The SMILES string of the molecule is CCOc1ccc(N(Cc2cc3ccc(OC)cc3[nH]c2=O)C(=O)c2cccnc2)cc1. The zero-order valence-corrected chi connectivity index (χ0v) is 17.9. The first-order valence-corrected chi connectivity index (χ1v) is 10.2. The van der Waals surface area contributed by atoms with E-state index in [-0.39, 0.29) is 18.0 Å². The van der Waals surface area contributed by atoms with E-state index in [1.54, 1.807) is 66.7 Å². The van der Waals surface area contributed by atoms with Gasteiger partial charge in [-0.15, -0.1) is 0 Å². The molecule has 0 aliphatic rings. The molecule has 0 spiro atoms. The Morgan fingerprint density at radius 1 is 1.06 bits per heavy atom. The van der Waals surface area contributed by atoms with Gasteiger partial charge < -0.3 is 19.4 Å². The summed E-state index contributed by atoms with van der Waals surface area (Å²) < 4.78 is 10.7. The van der Waals surface area contributed by atoms with E-state index in [0.29, 0.717) is 40.4 Å². The van der Waals surface area contributed by atoms with Gasteiger partial charge in [-0.25, -0.2) is 0 Å². The van der Waals surface area contributed by atoms with Crippen molar-refractivity contribution in [2.75, 3.05) is 18.6 Å². The minimum Gasteiger partial charge on any atom is -0.497 e. The number of hydrogen-bond donors (Lipinski definition) is 1. The molecule has 0 unspecified atom stereocenters. The van der Waals surface area contributed by atoms with E-state index < -0.39 is 0 Å². The van der Waals surface area contributed by atoms with Crippen LogP contribution in [0.2, 0.25) is 0 Å². The molecule has 0 bridgehead atoms. The van der Waals surface area contributed by atoms with Gasteiger partial charge in [0.1, 0.15) is 11.5 Å². The van der Waals surface area contributed by atoms with Crippen molar-refractivity contribution in [3.05, 3.63) is 94.5 Å². The molecule has 0 aliphatic carbocycles. The average molecular weight is 429 g/mol. The van der Waals surface area contributed by atoms with Crippen LogP contribution in [-0.2, 0) is 6.54 Å². The van der Waals surface area contributed by atoms with Gasteiger partial charge >= 0.3 is 0 Å². The van der Waals surface area contributed by atoms with E-state index in [1.807, 2.05) is 19.1 Å². The second kappa shape index (κ2) is 9.34. The normalized spacial score (nSPS) is 10.7. The summed E-state index contributed by atoms with van der Waals surface area (Å²) in [7, 11) is 1.58. The summed E-state index contributed by atoms with van der Waals surface area (Å²) >= 11 is 0. The maximum absolute atomic E-state index is 13.3. The molecule has 162 valence electrons. The minimum absolute atomic E-state index is 0.0962. The number of benzene rings is 2. The smallest absolute Gasteiger partial charge is 0.260 e. The van der Waals surface area contributed by atoms with Crippen molar-refractivity contribution in [3.63, 3.8) is 0 Å². The maximum Gasteiger partial charge on any atom is 0.260 e. The number of carbonyl (C=O) groups is 1. The van der Waals surface area contributed by atoms with E-state index in [1.165, 1.54) is 6.20 Å². The Morgan fingerprint density at radius 2 is 1.84 bits per heavy atom. The quantitative estimate of drug-likeness (QED) is 0.476. The average Bonchev–Trinajstić information content (AvgIpc) is 2.83. The third-order valence-corrected chi connectivity index (χ3v) is 5.07. The van der Waals surface area contributed by atoms with Gasteiger partial charge in [-0.3, -0.25) is 14.6 Å². The van der Waals surface area contributed by atoms with Crippen LogP contribution in [0.4, 0.5) is 5.69 Å². The summed E-state index contributed by atoms with van der Waals surface area (Å²) in [6.45, 7) is 2.56. The summed E-state index contributed by atoms with van der Waals surface area (Å²) in [5.74, 6) is 1.11. The first-order valence-electron chi connectivity index (χ1n) is 10.2. The summed E-state index contributed by atoms with van der Waals surface area (Å²) in [5.41, 5.74) is 1.96. The van der Waals surface area contributed by atoms with Crippen molar-refractivity contribution < 1.29 is 14.3 Å². The first-order chi connectivity index (χ1) is 15.6. The van der Waals surface area contributed by atoms with Crippen LogP contribution in [-0.4, -0.2) is 29.6 Å². The number of H-pyrrole nitrogens is 1. The predicted octanol–water partition coefficient (Wildman–Crippen LogP) is 4.18. The van der Waals surface area contributed by atoms with E-state index in [9.17, 15) is 9.59 Å². The van der Waals surface area contributed by atoms with Crippen molar-refractivity contribution in [2.24, 2.45) is 0 Å². The van der Waals surface area contributed by atoms with Crippen molar-refractivity contribution in [3.8, 4) is 11.5 Å². The number of aromatic nitrogens is 2. The topological polar surface area (TPSA) is 84.5 Å². The number of pyridine rings is 2. The van der Waals surface area contributed by atoms with Crippen molar-refractivity contribution >= 4 is 22.5 Å². The van der Waals surface area contributed by atoms with Crippen LogP contribution in [0.1, 0.15) is 22.8 Å². The molecule has 2 aromatic heterocycles. The van der Waals surface area contributed by atoms with Crippen LogP contribution >= 0.6 is 0 Å². The first kappa shape index (κ1) is 21.1. The molecule has 7 nitrogen and oxygen atoms in total. The molecule has 1 amide bonds. The summed E-state index contributed by atoms with van der Waals surface area (Å²) in [4.78, 5) is 34.7. The number of rotatable bonds is 7. The Balaban J connectivity index is 1.74. The molecule has 2 heterocycles. The van der Waals surface area contributed by atoms with E-state index in [0.717, 1.165) is 5.39 Å². The van der Waals surface area contributed by atoms with Gasteiger partial charge in [0, 0.05) is 29.7 Å². The molecular weight excluding hydrogens is 406 g/mol. The van der Waals surface area contributed by atoms with Crippen molar-refractivity contribution in [1.82, 2.24) is 9.97 Å². The molecule has 0 saturated heterocycles. The Bertz CT molecular complexity index is 1280. The number of fused-ring (bicyclic) bond motifs is 1. The number of ether oxygens (including phenoxy) is 2. The third-order valence-electron chi connectivity index (χ3n) is 5.07. The lowest BCUT2D eigenvalue weighted by atomic mass is 10.1. The van der Waals surface area contributed by atoms with Crippen LogP contribution in [0.15, 0.2) is 77.9 Å². The molecule has 0 radical (unpaired) electrons. The fourth-order valence-electron chi connectivity index (χ4n) is 3.45. The standard InChI is InChI=1S/C25H23N3O4/c1-3-32-21-10-7-20(8-11-21)28(25(30)18-5-4-12-26-15-18)16-19-13-17-6-9-22(31-2)14-23(17)27-24(19)29/h4-15H,3,16H2,1-2H3,(H,27,29). The molecule has 0 aliphatic heterocycles. The van der Waals surface area contributed by atoms with Crippen molar-refractivity contribution in [2.45, 2.75) is 13.5 Å². The number of nitrogens with one attached hydrogen (secondary N) is 1. The number of nitrogens with zero attached hydrogens (tertiary/aromatic N) is 2. The Morgan fingerprint density at radius 3 is 2.53 bits per heavy atom. The van der Waals surface area contributed by atoms with E-state index in [2.05, 4.69) is 9.97 Å². The Labute approximate surface area is 185 Å². The van der Waals surface area contributed by atoms with Crippen LogP contribution in [0.5, 0.6) is 11.5 Å². The third kappa shape index (κ3) is 4.46. The largest absolute Gasteiger partial charge is 0.497 e. The summed E-state index contributed by atoms with van der Waals surface area (Å²) in [6.07, 6.45) is 3.13. The molecule has 7 heteroatoms. The van der Waals surface area contributed by atoms with Gasteiger partial charge in [-0.05, 0) is 66.9 Å². The minimum atomic E-state index is -0.263. The highest BCUT2D eigenvalue weighted by atomic mass is 16.5. The van der Waals surface area contributed by atoms with Gasteiger partial charge in [0.05, 0.1) is 31.3 Å². The van der Waals surface area contributed by atoms with E-state index in [4.69, 9.17) is 9.47 Å². The van der Waals surface area contributed by atoms with Crippen LogP contribution in [0.25, 0.3) is 10.9 Å². The van der Waals surface area contributed by atoms with Crippen LogP contribution in [0, 0.1) is 0 Å². The molecule has 0 saturated carbocycles. The van der Waals surface area contributed by atoms with Gasteiger partial charge in [-0.1, -0.05) is 0 Å². The highest BCUT2D eigenvalue weighted by Gasteiger charge is 2.20. The number of hydrogen-bond acceptors (Lipinski definition) is 5. The zero-order valence-electron chi connectivity index (χ0n) is 17.9. The highest BCUT2D eigenvalue weighted by molar-refractivity contribution is 6.05. The molecule has 4 aromatic rings. The molecule has 2 aromatic carbocycles. The zero-order chi connectivity index (χ0) is 22.5. The number of carbonyl (C=O) groups excluding carboxylic acids is 1. The Kier molecular flexibility index (Phi) is 6.17. The molecule has 1 N–H and O–H groups in total. The van der Waals surface area contributed by atoms with Gasteiger partial charge in [-0.2, -0.15) is 0 Å². The maximum atomic E-state index is 13.3. The molecule has 32 heavy (non-hydrogen) atoms. The second-order valence-electron chi connectivity index (χ2n) is 7.14. The second-order valence-corrected chi connectivity index (χ2v) is 7.14. The molecule has 0 fully saturated rings. The fraction of sp³-hybridized carbons (Fsp3) is 0.160. The van der Waals surface area contributed by atoms with Crippen LogP contribution < -0.4 is 19.9 Å². The monoisotopic (exact) mass is 429 g/mol. The number of amides is 1. The fourth-order valence-corrected chi connectivity index (χ4v) is 3.45. The molecule has 0 atom stereocenters. The lowest BCUT2D eigenvalue weighted by Crippen LogP contribution is -2.33. The lowest BCUT2D eigenvalue weighted by molar-refractivity contribution is 0.0984. The van der Waals surface area contributed by atoms with Gasteiger partial charge in [0.15, 0.2) is 0 Å². The van der Waals surface area contributed by atoms with Gasteiger partial charge in [0.2, 0.25) is 0 Å². The number of aromatic amines is 1. The summed E-state index contributed by atoms with van der Waals surface area (Å²) in [5, 5.41) is 0.848. The number of anilines is 1. The van der Waals surface area contributed by atoms with Crippen LogP contribution in [0.3, 0.4) is 0 Å². The summed E-state index contributed by atoms with van der Waals surface area (Å²) in [6, 6.07) is 17.9. The van der Waals surface area contributed by atoms with Crippen molar-refractivity contribution in [1.29, 1.82) is 0 Å². The highest BCUT2D eigenvalue weighted by Crippen LogP contribution is 2.24. The lowest BCUT2D eigenvalue weighted by Gasteiger charge is -2.23. The Hall–Kier alpha value is -4.13. The van der Waals surface area contributed by atoms with Gasteiger partial charge in [0.25, 0.3) is 11.5 Å². The molecule has 4 rings (SSSR count).